The molecule has 4 aromatic rings. The van der Waals surface area contributed by atoms with Crippen molar-refractivity contribution >= 4 is 74.3 Å². The summed E-state index contributed by atoms with van der Waals surface area (Å²) in [7, 11) is 1.42. The number of aliphatic imine (C=N–C) groups is 1. The van der Waals surface area contributed by atoms with Crippen molar-refractivity contribution in [2.75, 3.05) is 12.0 Å². The molecule has 0 bridgehead atoms. The Balaban J connectivity index is 1.52. The molecule has 4 aromatic carbocycles. The number of ether oxygens (including phenoxy) is 2. The Morgan fingerprint density at radius 2 is 1.55 bits per heavy atom. The SMILES string of the molecule is COc1cc(/C=C2\SC(=Nc3ccc(C)cc3)N(c3ccc(C)cc3)C2=O)cc(I)c1Oc1ccc([N+](=O)[O-])cc1[N+](=O)[O-]. The van der Waals surface area contributed by atoms with Gasteiger partial charge < -0.3 is 9.47 Å². The number of thioether (sulfide) groups is 1. The highest BCUT2D eigenvalue weighted by Gasteiger charge is 2.35. The predicted octanol–water partition coefficient (Wildman–Crippen LogP) is 8.33. The maximum Gasteiger partial charge on any atom is 0.318 e. The number of hydrogen-bond donors (Lipinski definition) is 0. The summed E-state index contributed by atoms with van der Waals surface area (Å²) in [5.41, 5.74) is 3.17. The van der Waals surface area contributed by atoms with Gasteiger partial charge in [-0.2, -0.15) is 0 Å². The maximum absolute atomic E-state index is 13.8. The molecule has 0 spiro atoms. The Hall–Kier alpha value is -4.76. The van der Waals surface area contributed by atoms with Crippen LogP contribution in [0.4, 0.5) is 22.7 Å². The van der Waals surface area contributed by atoms with Crippen molar-refractivity contribution in [3.63, 3.8) is 0 Å². The summed E-state index contributed by atoms with van der Waals surface area (Å²) in [6.07, 6.45) is 1.72. The van der Waals surface area contributed by atoms with Crippen LogP contribution in [0.3, 0.4) is 0 Å². The molecule has 0 unspecified atom stereocenters. The highest BCUT2D eigenvalue weighted by atomic mass is 127. The molecular formula is C31H23IN4O7S. The van der Waals surface area contributed by atoms with Crippen LogP contribution < -0.4 is 14.4 Å². The molecule has 13 heteroatoms. The number of rotatable bonds is 8. The first-order valence-electron chi connectivity index (χ1n) is 13.0. The Morgan fingerprint density at radius 1 is 0.886 bits per heavy atom. The first-order valence-corrected chi connectivity index (χ1v) is 14.9. The minimum absolute atomic E-state index is 0.181. The number of carbonyl (C=O) groups excluding carboxylic acids is 1. The highest BCUT2D eigenvalue weighted by molar-refractivity contribution is 14.1. The van der Waals surface area contributed by atoms with E-state index in [-0.39, 0.29) is 23.2 Å². The molecule has 0 N–H and O–H groups in total. The van der Waals surface area contributed by atoms with Gasteiger partial charge in [0, 0.05) is 6.07 Å². The summed E-state index contributed by atoms with van der Waals surface area (Å²) in [6, 6.07) is 21.8. The van der Waals surface area contributed by atoms with Gasteiger partial charge in [0.25, 0.3) is 11.6 Å². The van der Waals surface area contributed by atoms with Gasteiger partial charge in [0.05, 0.1) is 42.9 Å². The van der Waals surface area contributed by atoms with Gasteiger partial charge in [-0.05, 0) is 102 Å². The first-order chi connectivity index (χ1) is 21.0. The summed E-state index contributed by atoms with van der Waals surface area (Å²) in [5, 5.41) is 23.2. The fraction of sp³-hybridized carbons (Fsp3) is 0.0968. The van der Waals surface area contributed by atoms with Crippen LogP contribution >= 0.6 is 34.4 Å². The van der Waals surface area contributed by atoms with E-state index in [2.05, 4.69) is 0 Å². The molecule has 0 saturated carbocycles. The molecule has 1 aliphatic heterocycles. The number of hydrogen-bond acceptors (Lipinski definition) is 9. The number of halogens is 1. The van der Waals surface area contributed by atoms with Crippen molar-refractivity contribution < 1.29 is 24.1 Å². The number of aryl methyl sites for hydroxylation is 2. The van der Waals surface area contributed by atoms with E-state index in [0.717, 1.165) is 23.3 Å². The fourth-order valence-corrected chi connectivity index (χ4v) is 5.97. The molecule has 44 heavy (non-hydrogen) atoms. The second kappa shape index (κ2) is 12.9. The van der Waals surface area contributed by atoms with Crippen LogP contribution in [-0.2, 0) is 4.79 Å². The molecule has 222 valence electrons. The maximum atomic E-state index is 13.8. The van der Waals surface area contributed by atoms with Crippen molar-refractivity contribution in [1.29, 1.82) is 0 Å². The second-order valence-corrected chi connectivity index (χ2v) is 11.8. The molecule has 1 saturated heterocycles. The molecule has 1 aliphatic rings. The quantitative estimate of drug-likeness (QED) is 0.0766. The van der Waals surface area contributed by atoms with Gasteiger partial charge in [0.2, 0.25) is 5.75 Å². The molecule has 0 aromatic heterocycles. The normalized spacial score (nSPS) is 14.7. The van der Waals surface area contributed by atoms with Crippen LogP contribution in [0.5, 0.6) is 17.2 Å². The third-order valence-electron chi connectivity index (χ3n) is 6.47. The molecule has 1 amide bonds. The molecule has 1 fully saturated rings. The Kier molecular flexibility index (Phi) is 8.96. The number of non-ortho nitro benzene ring substituents is 1. The fourth-order valence-electron chi connectivity index (χ4n) is 4.23. The van der Waals surface area contributed by atoms with Gasteiger partial charge in [-0.1, -0.05) is 35.4 Å². The lowest BCUT2D eigenvalue weighted by Crippen LogP contribution is -2.28. The van der Waals surface area contributed by atoms with Gasteiger partial charge in [-0.15, -0.1) is 0 Å². The number of carbonyl (C=O) groups is 1. The molecule has 11 nitrogen and oxygen atoms in total. The number of anilines is 1. The van der Waals surface area contributed by atoms with Crippen LogP contribution in [0.1, 0.15) is 16.7 Å². The molecular weight excluding hydrogens is 699 g/mol. The van der Waals surface area contributed by atoms with E-state index in [9.17, 15) is 25.0 Å². The van der Waals surface area contributed by atoms with Gasteiger partial charge in [-0.3, -0.25) is 29.9 Å². The smallest absolute Gasteiger partial charge is 0.318 e. The van der Waals surface area contributed by atoms with E-state index in [1.54, 1.807) is 23.1 Å². The summed E-state index contributed by atoms with van der Waals surface area (Å²) in [4.78, 5) is 41.8. The zero-order chi connectivity index (χ0) is 31.5. The number of methoxy groups -OCH3 is 1. The third kappa shape index (κ3) is 6.58. The zero-order valence-electron chi connectivity index (χ0n) is 23.5. The number of benzene rings is 4. The van der Waals surface area contributed by atoms with Crippen molar-refractivity contribution in [2.24, 2.45) is 4.99 Å². The number of amidine groups is 1. The van der Waals surface area contributed by atoms with E-state index >= 15 is 0 Å². The molecule has 0 radical (unpaired) electrons. The molecule has 0 aliphatic carbocycles. The van der Waals surface area contributed by atoms with E-state index in [1.807, 2.05) is 85.0 Å². The average Bonchev–Trinajstić information content (AvgIpc) is 3.29. The van der Waals surface area contributed by atoms with E-state index in [0.29, 0.717) is 30.6 Å². The monoisotopic (exact) mass is 722 g/mol. The summed E-state index contributed by atoms with van der Waals surface area (Å²) in [5.74, 6) is -0.00745. The summed E-state index contributed by atoms with van der Waals surface area (Å²) in [6.45, 7) is 3.96. The van der Waals surface area contributed by atoms with Gasteiger partial charge in [0.15, 0.2) is 16.7 Å². The molecule has 5 rings (SSSR count). The van der Waals surface area contributed by atoms with Crippen LogP contribution in [0.25, 0.3) is 6.08 Å². The van der Waals surface area contributed by atoms with Crippen molar-refractivity contribution in [3.8, 4) is 17.2 Å². The third-order valence-corrected chi connectivity index (χ3v) is 8.24. The molecule has 0 atom stereocenters. The van der Waals surface area contributed by atoms with E-state index in [4.69, 9.17) is 14.5 Å². The standard InChI is InChI=1S/C31H23IN4O7S/c1-18-4-8-21(9-5-18)33-31-34(22-10-6-19(2)7-11-22)30(37)28(44-31)16-20-14-24(32)29(27(15-20)42-3)43-26-13-12-23(35(38)39)17-25(26)36(40)41/h4-17H,1-3H3/b28-16-,33-31?. The van der Waals surface area contributed by atoms with Gasteiger partial charge in [0.1, 0.15) is 0 Å². The molecule has 1 heterocycles. The Morgan fingerprint density at radius 3 is 2.16 bits per heavy atom. The zero-order valence-corrected chi connectivity index (χ0v) is 26.5. The average molecular weight is 723 g/mol. The number of nitrogens with zero attached hydrogens (tertiary/aromatic N) is 4. The topological polar surface area (TPSA) is 137 Å². The highest BCUT2D eigenvalue weighted by Crippen LogP contribution is 2.43. The lowest BCUT2D eigenvalue weighted by Gasteiger charge is -2.16. The number of nitro benzene ring substituents is 2. The lowest BCUT2D eigenvalue weighted by atomic mass is 10.1. The number of nitro groups is 2. The van der Waals surface area contributed by atoms with Crippen molar-refractivity contribution in [2.45, 2.75) is 13.8 Å². The Bertz CT molecular complexity index is 1860. The predicted molar refractivity (Wildman–Crippen MR) is 178 cm³/mol. The minimum Gasteiger partial charge on any atom is -0.493 e. The van der Waals surface area contributed by atoms with Crippen LogP contribution in [0.15, 0.2) is 88.8 Å². The van der Waals surface area contributed by atoms with Crippen molar-refractivity contribution in [3.05, 3.63) is 124 Å². The first kappa shape index (κ1) is 30.7. The van der Waals surface area contributed by atoms with Crippen LogP contribution in [0.2, 0.25) is 0 Å². The summed E-state index contributed by atoms with van der Waals surface area (Å²) >= 11 is 3.24. The van der Waals surface area contributed by atoms with E-state index < -0.39 is 21.2 Å². The second-order valence-electron chi connectivity index (χ2n) is 9.62. The minimum atomic E-state index is -0.751. The Labute approximate surface area is 269 Å². The van der Waals surface area contributed by atoms with Gasteiger partial charge >= 0.3 is 5.69 Å². The van der Waals surface area contributed by atoms with Gasteiger partial charge in [-0.25, -0.2) is 4.99 Å². The summed E-state index contributed by atoms with van der Waals surface area (Å²) < 4.78 is 11.9. The largest absolute Gasteiger partial charge is 0.493 e. The van der Waals surface area contributed by atoms with Crippen LogP contribution in [-0.4, -0.2) is 28.0 Å². The van der Waals surface area contributed by atoms with Crippen LogP contribution in [0, 0.1) is 37.6 Å². The number of amides is 1. The van der Waals surface area contributed by atoms with Crippen molar-refractivity contribution in [1.82, 2.24) is 0 Å². The van der Waals surface area contributed by atoms with E-state index in [1.165, 1.54) is 24.9 Å². The lowest BCUT2D eigenvalue weighted by molar-refractivity contribution is -0.394.